The minimum atomic E-state index is -0.262. The number of Topliss-reactive ketones (excluding diaryl/α,β-unsaturated/α-hetero) is 1. The number of carbonyl (C=O) groups excluding carboxylic acids is 1. The standard InChI is InChI=1S/C22H24N2O/c1-14-6-10-17(18(25)13-14)22(2,3)19-11-9-16-8-7-15-5-4-12-23-20(15)21(16)24-19/h4-5,7-9,11-12,14,17H,6,10,13H2,1-3H3/t14-,17-/m1/s1. The summed E-state index contributed by atoms with van der Waals surface area (Å²) in [7, 11) is 0. The second-order valence-electron chi connectivity index (χ2n) is 8.04. The van der Waals surface area contributed by atoms with Gasteiger partial charge in [0.1, 0.15) is 5.78 Å². The Morgan fingerprint density at radius 3 is 2.48 bits per heavy atom. The van der Waals surface area contributed by atoms with Crippen LogP contribution in [0.25, 0.3) is 21.8 Å². The van der Waals surface area contributed by atoms with Crippen molar-refractivity contribution in [3.8, 4) is 0 Å². The zero-order valence-corrected chi connectivity index (χ0v) is 15.1. The number of pyridine rings is 2. The number of carbonyl (C=O) groups is 1. The number of hydrogen-bond donors (Lipinski definition) is 0. The average Bonchev–Trinajstić information content (AvgIpc) is 2.60. The summed E-state index contributed by atoms with van der Waals surface area (Å²) in [6, 6.07) is 12.4. The van der Waals surface area contributed by atoms with Crippen LogP contribution in [-0.2, 0) is 10.2 Å². The highest BCUT2D eigenvalue weighted by Gasteiger charge is 2.40. The van der Waals surface area contributed by atoms with Gasteiger partial charge in [0.2, 0.25) is 0 Å². The fourth-order valence-corrected chi connectivity index (χ4v) is 4.22. The first kappa shape index (κ1) is 16.2. The van der Waals surface area contributed by atoms with Gasteiger partial charge in [-0.15, -0.1) is 0 Å². The Hall–Kier alpha value is -2.29. The van der Waals surface area contributed by atoms with E-state index < -0.39 is 0 Å². The predicted molar refractivity (Wildman–Crippen MR) is 102 cm³/mol. The molecule has 128 valence electrons. The SMILES string of the molecule is C[C@@H]1CC[C@@H](C(C)(C)c2ccc3ccc4cccnc4c3n2)C(=O)C1. The van der Waals surface area contributed by atoms with E-state index in [0.29, 0.717) is 18.1 Å². The topological polar surface area (TPSA) is 42.9 Å². The third-order valence-electron chi connectivity index (χ3n) is 5.85. The molecule has 1 aromatic carbocycles. The molecule has 0 spiro atoms. The van der Waals surface area contributed by atoms with E-state index >= 15 is 0 Å². The monoisotopic (exact) mass is 332 g/mol. The summed E-state index contributed by atoms with van der Waals surface area (Å²) in [5.41, 5.74) is 2.59. The van der Waals surface area contributed by atoms with E-state index in [4.69, 9.17) is 4.98 Å². The molecule has 25 heavy (non-hydrogen) atoms. The maximum absolute atomic E-state index is 12.7. The Balaban J connectivity index is 1.83. The summed E-state index contributed by atoms with van der Waals surface area (Å²) in [6.45, 7) is 6.50. The summed E-state index contributed by atoms with van der Waals surface area (Å²) in [6.07, 6.45) is 4.60. The van der Waals surface area contributed by atoms with Crippen molar-refractivity contribution in [2.45, 2.75) is 45.4 Å². The largest absolute Gasteiger partial charge is 0.299 e. The smallest absolute Gasteiger partial charge is 0.137 e. The van der Waals surface area contributed by atoms with Crippen molar-refractivity contribution in [2.75, 3.05) is 0 Å². The van der Waals surface area contributed by atoms with Crippen molar-refractivity contribution in [3.63, 3.8) is 0 Å². The first-order chi connectivity index (χ1) is 12.0. The second kappa shape index (κ2) is 5.91. The second-order valence-corrected chi connectivity index (χ2v) is 8.04. The molecule has 2 heterocycles. The lowest BCUT2D eigenvalue weighted by Gasteiger charge is -2.37. The van der Waals surface area contributed by atoms with E-state index in [1.54, 1.807) is 0 Å². The van der Waals surface area contributed by atoms with Crippen LogP contribution in [0.2, 0.25) is 0 Å². The van der Waals surface area contributed by atoms with Crippen LogP contribution in [-0.4, -0.2) is 15.8 Å². The maximum atomic E-state index is 12.7. The van der Waals surface area contributed by atoms with E-state index in [0.717, 1.165) is 40.3 Å². The van der Waals surface area contributed by atoms with E-state index in [1.165, 1.54) is 0 Å². The lowest BCUT2D eigenvalue weighted by molar-refractivity contribution is -0.128. The number of benzene rings is 1. The zero-order chi connectivity index (χ0) is 17.6. The van der Waals surface area contributed by atoms with Crippen LogP contribution in [0.15, 0.2) is 42.6 Å². The molecule has 2 atom stereocenters. The molecule has 0 saturated heterocycles. The number of nitrogens with zero attached hydrogens (tertiary/aromatic N) is 2. The quantitative estimate of drug-likeness (QED) is 0.616. The van der Waals surface area contributed by atoms with E-state index in [9.17, 15) is 4.79 Å². The minimum absolute atomic E-state index is 0.0524. The van der Waals surface area contributed by atoms with Crippen molar-refractivity contribution in [1.29, 1.82) is 0 Å². The molecule has 3 nitrogen and oxygen atoms in total. The van der Waals surface area contributed by atoms with Gasteiger partial charge in [0.25, 0.3) is 0 Å². The Bertz CT molecular complexity index is 961. The highest BCUT2D eigenvalue weighted by atomic mass is 16.1. The molecule has 2 aromatic heterocycles. The Morgan fingerprint density at radius 1 is 1.00 bits per heavy atom. The van der Waals surface area contributed by atoms with Crippen molar-refractivity contribution in [2.24, 2.45) is 11.8 Å². The molecule has 3 heteroatoms. The maximum Gasteiger partial charge on any atom is 0.137 e. The molecule has 0 bridgehead atoms. The first-order valence-corrected chi connectivity index (χ1v) is 9.14. The fraction of sp³-hybridized carbons (Fsp3) is 0.409. The Morgan fingerprint density at radius 2 is 1.72 bits per heavy atom. The van der Waals surface area contributed by atoms with Crippen molar-refractivity contribution in [3.05, 3.63) is 48.3 Å². The molecule has 0 unspecified atom stereocenters. The van der Waals surface area contributed by atoms with Crippen LogP contribution >= 0.6 is 0 Å². The lowest BCUT2D eigenvalue weighted by atomic mass is 9.66. The van der Waals surface area contributed by atoms with Gasteiger partial charge >= 0.3 is 0 Å². The van der Waals surface area contributed by atoms with Gasteiger partial charge in [-0.1, -0.05) is 45.0 Å². The van der Waals surface area contributed by atoms with Gasteiger partial charge < -0.3 is 0 Å². The van der Waals surface area contributed by atoms with Gasteiger partial charge in [-0.3, -0.25) is 9.78 Å². The molecule has 1 fully saturated rings. The molecular formula is C22H24N2O. The molecule has 3 aromatic rings. The van der Waals surface area contributed by atoms with Gasteiger partial charge in [0, 0.05) is 40.4 Å². The number of rotatable bonds is 2. The molecule has 1 aliphatic rings. The summed E-state index contributed by atoms with van der Waals surface area (Å²) in [5.74, 6) is 0.954. The van der Waals surface area contributed by atoms with Gasteiger partial charge in [-0.2, -0.15) is 0 Å². The zero-order valence-electron chi connectivity index (χ0n) is 15.1. The molecule has 0 aliphatic heterocycles. The van der Waals surface area contributed by atoms with Crippen LogP contribution in [0.3, 0.4) is 0 Å². The third-order valence-corrected chi connectivity index (χ3v) is 5.85. The minimum Gasteiger partial charge on any atom is -0.299 e. The number of hydrogen-bond acceptors (Lipinski definition) is 3. The third kappa shape index (κ3) is 2.72. The van der Waals surface area contributed by atoms with Crippen LogP contribution in [0, 0.1) is 11.8 Å². The van der Waals surface area contributed by atoms with Gasteiger partial charge in [0.15, 0.2) is 0 Å². The molecule has 1 aliphatic carbocycles. The first-order valence-electron chi connectivity index (χ1n) is 9.14. The van der Waals surface area contributed by atoms with Gasteiger partial charge in [-0.25, -0.2) is 4.98 Å². The molecule has 4 rings (SSSR count). The number of aromatic nitrogens is 2. The Labute approximate surface area is 148 Å². The summed E-state index contributed by atoms with van der Waals surface area (Å²) >= 11 is 0. The van der Waals surface area contributed by atoms with Crippen LogP contribution in [0.1, 0.15) is 45.7 Å². The van der Waals surface area contributed by atoms with Gasteiger partial charge in [-0.05, 0) is 30.9 Å². The van der Waals surface area contributed by atoms with E-state index in [1.807, 2.05) is 12.3 Å². The molecule has 0 radical (unpaired) electrons. The van der Waals surface area contributed by atoms with E-state index in [2.05, 4.69) is 56.1 Å². The summed E-state index contributed by atoms with van der Waals surface area (Å²) in [4.78, 5) is 22.2. The van der Waals surface area contributed by atoms with Crippen LogP contribution < -0.4 is 0 Å². The normalized spacial score (nSPS) is 21.8. The summed E-state index contributed by atoms with van der Waals surface area (Å²) < 4.78 is 0. The number of ketones is 1. The van der Waals surface area contributed by atoms with E-state index in [-0.39, 0.29) is 11.3 Å². The summed E-state index contributed by atoms with van der Waals surface area (Å²) in [5, 5.41) is 2.19. The molecular weight excluding hydrogens is 308 g/mol. The molecule has 0 N–H and O–H groups in total. The highest BCUT2D eigenvalue weighted by molar-refractivity contribution is 6.02. The lowest BCUT2D eigenvalue weighted by Crippen LogP contribution is -2.39. The van der Waals surface area contributed by atoms with Crippen LogP contribution in [0.5, 0.6) is 0 Å². The molecule has 0 amide bonds. The van der Waals surface area contributed by atoms with Crippen molar-refractivity contribution in [1.82, 2.24) is 9.97 Å². The van der Waals surface area contributed by atoms with Gasteiger partial charge in [0.05, 0.1) is 11.0 Å². The predicted octanol–water partition coefficient (Wildman–Crippen LogP) is 5.07. The van der Waals surface area contributed by atoms with Crippen LogP contribution in [0.4, 0.5) is 0 Å². The fourth-order valence-electron chi connectivity index (χ4n) is 4.22. The highest BCUT2D eigenvalue weighted by Crippen LogP contribution is 2.40. The molecule has 1 saturated carbocycles. The van der Waals surface area contributed by atoms with Crippen molar-refractivity contribution < 1.29 is 4.79 Å². The number of fused-ring (bicyclic) bond motifs is 3. The average molecular weight is 332 g/mol. The Kier molecular flexibility index (Phi) is 3.82. The van der Waals surface area contributed by atoms with Crippen molar-refractivity contribution >= 4 is 27.6 Å².